The van der Waals surface area contributed by atoms with Crippen LogP contribution in [0.5, 0.6) is 0 Å². The molecular formula is C19H27NO3. The third-order valence-electron chi connectivity index (χ3n) is 5.35. The standard InChI is InChI=1S/C19H27NO3/c1-2-23-17-14-20(13-16(17)21)18(22)19(11-7-4-8-12-19)15-9-5-3-6-10-15/h3,5-6,9-10,16-17,21H,2,4,7-8,11-14H2,1H3/t16-,17-/m0/s1. The normalized spacial score (nSPS) is 27.1. The van der Waals surface area contributed by atoms with Gasteiger partial charge in [0.25, 0.3) is 0 Å². The lowest BCUT2D eigenvalue weighted by atomic mass is 9.68. The van der Waals surface area contributed by atoms with Crippen molar-refractivity contribution in [1.82, 2.24) is 4.90 Å². The predicted molar refractivity (Wildman–Crippen MR) is 89.2 cm³/mol. The molecule has 1 aliphatic carbocycles. The van der Waals surface area contributed by atoms with E-state index in [9.17, 15) is 9.90 Å². The second kappa shape index (κ2) is 7.02. The van der Waals surface area contributed by atoms with Gasteiger partial charge in [-0.05, 0) is 25.3 Å². The first kappa shape index (κ1) is 16.5. The highest BCUT2D eigenvalue weighted by Crippen LogP contribution is 2.41. The maximum Gasteiger partial charge on any atom is 0.233 e. The predicted octanol–water partition coefficient (Wildman–Crippen LogP) is 2.50. The number of amides is 1. The van der Waals surface area contributed by atoms with Crippen LogP contribution in [0.2, 0.25) is 0 Å². The number of aliphatic hydroxyl groups excluding tert-OH is 1. The van der Waals surface area contributed by atoms with E-state index in [1.807, 2.05) is 30.0 Å². The maximum atomic E-state index is 13.4. The highest BCUT2D eigenvalue weighted by molar-refractivity contribution is 5.88. The van der Waals surface area contributed by atoms with Crippen LogP contribution in [0.1, 0.15) is 44.6 Å². The molecule has 2 aliphatic rings. The first-order chi connectivity index (χ1) is 11.2. The van der Waals surface area contributed by atoms with Gasteiger partial charge in [-0.3, -0.25) is 4.79 Å². The summed E-state index contributed by atoms with van der Waals surface area (Å²) in [5.74, 6) is 0.171. The fourth-order valence-electron chi connectivity index (χ4n) is 4.14. The van der Waals surface area contributed by atoms with E-state index in [2.05, 4.69) is 12.1 Å². The Morgan fingerprint density at radius 3 is 2.57 bits per heavy atom. The molecule has 4 heteroatoms. The Morgan fingerprint density at radius 2 is 1.91 bits per heavy atom. The Bertz CT molecular complexity index is 525. The van der Waals surface area contributed by atoms with Gasteiger partial charge in [-0.1, -0.05) is 49.6 Å². The van der Waals surface area contributed by atoms with Crippen LogP contribution >= 0.6 is 0 Å². The number of hydrogen-bond acceptors (Lipinski definition) is 3. The third-order valence-corrected chi connectivity index (χ3v) is 5.35. The molecule has 2 fully saturated rings. The van der Waals surface area contributed by atoms with Crippen LogP contribution in [0.25, 0.3) is 0 Å². The monoisotopic (exact) mass is 317 g/mol. The quantitative estimate of drug-likeness (QED) is 0.928. The second-order valence-electron chi connectivity index (χ2n) is 6.78. The summed E-state index contributed by atoms with van der Waals surface area (Å²) >= 11 is 0. The molecule has 126 valence electrons. The summed E-state index contributed by atoms with van der Waals surface area (Å²) in [4.78, 5) is 15.2. The molecule has 1 N–H and O–H groups in total. The van der Waals surface area contributed by atoms with Crippen molar-refractivity contribution in [3.8, 4) is 0 Å². The van der Waals surface area contributed by atoms with Crippen molar-refractivity contribution < 1.29 is 14.6 Å². The van der Waals surface area contributed by atoms with Crippen LogP contribution in [-0.2, 0) is 14.9 Å². The smallest absolute Gasteiger partial charge is 0.233 e. The topological polar surface area (TPSA) is 49.8 Å². The van der Waals surface area contributed by atoms with Gasteiger partial charge >= 0.3 is 0 Å². The van der Waals surface area contributed by atoms with Crippen LogP contribution in [0.3, 0.4) is 0 Å². The molecule has 1 aromatic carbocycles. The average Bonchev–Trinajstić information content (AvgIpc) is 2.97. The van der Waals surface area contributed by atoms with Crippen molar-refractivity contribution in [3.63, 3.8) is 0 Å². The summed E-state index contributed by atoms with van der Waals surface area (Å²) in [6, 6.07) is 10.2. The SMILES string of the molecule is CCO[C@H]1CN(C(=O)C2(c3ccccc3)CCCCC2)C[C@@H]1O. The fourth-order valence-corrected chi connectivity index (χ4v) is 4.14. The van der Waals surface area contributed by atoms with Crippen LogP contribution in [0.4, 0.5) is 0 Å². The van der Waals surface area contributed by atoms with Gasteiger partial charge < -0.3 is 14.7 Å². The molecule has 0 unspecified atom stereocenters. The zero-order valence-corrected chi connectivity index (χ0v) is 13.9. The number of ether oxygens (including phenoxy) is 1. The molecule has 3 rings (SSSR count). The van der Waals surface area contributed by atoms with Gasteiger partial charge in [-0.15, -0.1) is 0 Å². The zero-order valence-electron chi connectivity index (χ0n) is 13.9. The van der Waals surface area contributed by atoms with Crippen molar-refractivity contribution in [2.45, 2.75) is 56.7 Å². The van der Waals surface area contributed by atoms with Gasteiger partial charge in [0.15, 0.2) is 0 Å². The van der Waals surface area contributed by atoms with Crippen molar-refractivity contribution in [1.29, 1.82) is 0 Å². The molecule has 4 nitrogen and oxygen atoms in total. The van der Waals surface area contributed by atoms with Crippen LogP contribution in [0, 0.1) is 0 Å². The molecule has 0 spiro atoms. The fraction of sp³-hybridized carbons (Fsp3) is 0.632. The molecule has 1 amide bonds. The highest BCUT2D eigenvalue weighted by atomic mass is 16.5. The number of nitrogens with zero attached hydrogens (tertiary/aromatic N) is 1. The van der Waals surface area contributed by atoms with E-state index in [1.54, 1.807) is 0 Å². The highest BCUT2D eigenvalue weighted by Gasteiger charge is 2.46. The number of benzene rings is 1. The molecule has 1 aliphatic heterocycles. The summed E-state index contributed by atoms with van der Waals surface area (Å²) < 4.78 is 5.58. The van der Waals surface area contributed by atoms with Crippen molar-refractivity contribution in [3.05, 3.63) is 35.9 Å². The first-order valence-corrected chi connectivity index (χ1v) is 8.82. The van der Waals surface area contributed by atoms with Crippen molar-refractivity contribution in [2.24, 2.45) is 0 Å². The largest absolute Gasteiger partial charge is 0.388 e. The van der Waals surface area contributed by atoms with Gasteiger partial charge in [0.2, 0.25) is 5.91 Å². The number of rotatable bonds is 4. The van der Waals surface area contributed by atoms with E-state index in [1.165, 1.54) is 6.42 Å². The number of aliphatic hydroxyl groups is 1. The Kier molecular flexibility index (Phi) is 5.02. The molecule has 1 heterocycles. The lowest BCUT2D eigenvalue weighted by Crippen LogP contribution is -2.47. The molecule has 0 radical (unpaired) electrons. The van der Waals surface area contributed by atoms with Crippen molar-refractivity contribution in [2.75, 3.05) is 19.7 Å². The second-order valence-corrected chi connectivity index (χ2v) is 6.78. The maximum absolute atomic E-state index is 13.4. The van der Waals surface area contributed by atoms with E-state index in [0.29, 0.717) is 19.7 Å². The van der Waals surface area contributed by atoms with E-state index in [4.69, 9.17) is 4.74 Å². The number of carbonyl (C=O) groups excluding carboxylic acids is 1. The number of likely N-dealkylation sites (tertiary alicyclic amines) is 1. The molecule has 1 saturated carbocycles. The Labute approximate surface area is 138 Å². The lowest BCUT2D eigenvalue weighted by Gasteiger charge is -2.39. The summed E-state index contributed by atoms with van der Waals surface area (Å²) in [6.07, 6.45) is 4.36. The molecule has 1 aromatic rings. The number of β-amino-alcohol motifs (C(OH)–C–C–N with tert-alkyl or cyclic N) is 1. The summed E-state index contributed by atoms with van der Waals surface area (Å²) in [6.45, 7) is 3.37. The molecular weight excluding hydrogens is 290 g/mol. The molecule has 23 heavy (non-hydrogen) atoms. The van der Waals surface area contributed by atoms with Gasteiger partial charge in [-0.2, -0.15) is 0 Å². The third kappa shape index (κ3) is 3.15. The minimum absolute atomic E-state index is 0.171. The van der Waals surface area contributed by atoms with Gasteiger partial charge in [0.1, 0.15) is 6.10 Å². The molecule has 0 aromatic heterocycles. The summed E-state index contributed by atoms with van der Waals surface area (Å²) in [5.41, 5.74) is 0.708. The Balaban J connectivity index is 1.85. The molecule has 0 bridgehead atoms. The minimum Gasteiger partial charge on any atom is -0.388 e. The molecule has 2 atom stereocenters. The van der Waals surface area contributed by atoms with Crippen LogP contribution in [0.15, 0.2) is 30.3 Å². The summed E-state index contributed by atoms with van der Waals surface area (Å²) in [5, 5.41) is 10.2. The lowest BCUT2D eigenvalue weighted by molar-refractivity contribution is -0.138. The first-order valence-electron chi connectivity index (χ1n) is 8.82. The van der Waals surface area contributed by atoms with Gasteiger partial charge in [0.05, 0.1) is 11.5 Å². The average molecular weight is 317 g/mol. The van der Waals surface area contributed by atoms with E-state index >= 15 is 0 Å². The van der Waals surface area contributed by atoms with Crippen LogP contribution < -0.4 is 0 Å². The number of carbonyl (C=O) groups is 1. The Morgan fingerprint density at radius 1 is 1.22 bits per heavy atom. The van der Waals surface area contributed by atoms with E-state index < -0.39 is 11.5 Å². The Hall–Kier alpha value is -1.39. The summed E-state index contributed by atoms with van der Waals surface area (Å²) in [7, 11) is 0. The molecule has 1 saturated heterocycles. The minimum atomic E-state index is -0.574. The van der Waals surface area contributed by atoms with Gasteiger partial charge in [-0.25, -0.2) is 0 Å². The van der Waals surface area contributed by atoms with Gasteiger partial charge in [0, 0.05) is 19.7 Å². The van der Waals surface area contributed by atoms with E-state index in [0.717, 1.165) is 31.2 Å². The zero-order chi connectivity index (χ0) is 16.3. The van der Waals surface area contributed by atoms with Crippen molar-refractivity contribution >= 4 is 5.91 Å². The van der Waals surface area contributed by atoms with Crippen LogP contribution in [-0.4, -0.2) is 47.8 Å². The van der Waals surface area contributed by atoms with E-state index in [-0.39, 0.29) is 12.0 Å². The number of hydrogen-bond donors (Lipinski definition) is 1.